The molecule has 0 saturated heterocycles. The normalized spacial score (nSPS) is 11.1. The summed E-state index contributed by atoms with van der Waals surface area (Å²) >= 11 is 0. The third-order valence-corrected chi connectivity index (χ3v) is 4.32. The fourth-order valence-corrected chi connectivity index (χ4v) is 2.79. The van der Waals surface area contributed by atoms with E-state index >= 15 is 0 Å². The van der Waals surface area contributed by atoms with Crippen LogP contribution in [0.3, 0.4) is 0 Å². The molecule has 28 heavy (non-hydrogen) atoms. The van der Waals surface area contributed by atoms with Gasteiger partial charge in [0.25, 0.3) is 0 Å². The molecule has 2 N–H and O–H groups in total. The molecule has 2 aromatic rings. The Balaban J connectivity index is 0.00000392. The molecule has 0 aliphatic carbocycles. The number of aromatic nitrogens is 4. The zero-order valence-electron chi connectivity index (χ0n) is 17.4. The zero-order chi connectivity index (χ0) is 19.5. The lowest BCUT2D eigenvalue weighted by atomic mass is 10.3. The Hall–Kier alpha value is -1.91. The standard InChI is InChI=1S/C19H32N8.HI/c1-5-17-25-24-15-27(17)12-11-21-19(20-6-2)23-14-16-9-10-18(22-13-16)26(7-3)8-4;/h9-10,13,15H,5-8,11-12,14H2,1-4H3,(H2,20,21,23);1H. The van der Waals surface area contributed by atoms with Gasteiger partial charge >= 0.3 is 0 Å². The van der Waals surface area contributed by atoms with Crippen LogP contribution in [0, 0.1) is 0 Å². The number of pyridine rings is 1. The maximum absolute atomic E-state index is 4.66. The largest absolute Gasteiger partial charge is 0.357 e. The van der Waals surface area contributed by atoms with Crippen LogP contribution in [0.4, 0.5) is 5.82 Å². The third-order valence-electron chi connectivity index (χ3n) is 4.32. The molecule has 156 valence electrons. The second-order valence-electron chi connectivity index (χ2n) is 6.11. The average molecular weight is 500 g/mol. The van der Waals surface area contributed by atoms with Crippen molar-refractivity contribution in [2.24, 2.45) is 4.99 Å². The first kappa shape index (κ1) is 24.1. The van der Waals surface area contributed by atoms with Crippen molar-refractivity contribution in [2.45, 2.75) is 47.2 Å². The van der Waals surface area contributed by atoms with Gasteiger partial charge in [0.15, 0.2) is 5.96 Å². The number of anilines is 1. The van der Waals surface area contributed by atoms with E-state index in [9.17, 15) is 0 Å². The van der Waals surface area contributed by atoms with Crippen molar-refractivity contribution in [2.75, 3.05) is 31.1 Å². The molecule has 0 atom stereocenters. The second kappa shape index (κ2) is 13.3. The van der Waals surface area contributed by atoms with Crippen molar-refractivity contribution in [3.63, 3.8) is 0 Å². The summed E-state index contributed by atoms with van der Waals surface area (Å²) in [4.78, 5) is 11.4. The van der Waals surface area contributed by atoms with Crippen LogP contribution in [-0.2, 0) is 19.5 Å². The summed E-state index contributed by atoms with van der Waals surface area (Å²) in [5.41, 5.74) is 1.09. The molecular weight excluding hydrogens is 467 g/mol. The van der Waals surface area contributed by atoms with Gasteiger partial charge in [0.2, 0.25) is 0 Å². The smallest absolute Gasteiger partial charge is 0.191 e. The summed E-state index contributed by atoms with van der Waals surface area (Å²) in [5, 5.41) is 14.7. The number of rotatable bonds is 10. The van der Waals surface area contributed by atoms with Gasteiger partial charge in [0.1, 0.15) is 18.0 Å². The SMILES string of the molecule is CCNC(=NCc1ccc(N(CC)CC)nc1)NCCn1cnnc1CC.I. The van der Waals surface area contributed by atoms with Crippen LogP contribution in [0.15, 0.2) is 29.6 Å². The molecule has 2 aromatic heterocycles. The van der Waals surface area contributed by atoms with Crippen molar-refractivity contribution >= 4 is 35.8 Å². The molecule has 0 amide bonds. The van der Waals surface area contributed by atoms with E-state index in [0.29, 0.717) is 6.54 Å². The fraction of sp³-hybridized carbons (Fsp3) is 0.579. The monoisotopic (exact) mass is 500 g/mol. The summed E-state index contributed by atoms with van der Waals surface area (Å²) in [6.07, 6.45) is 4.56. The van der Waals surface area contributed by atoms with Crippen LogP contribution in [0.2, 0.25) is 0 Å². The molecule has 0 fully saturated rings. The summed E-state index contributed by atoms with van der Waals surface area (Å²) in [6, 6.07) is 4.16. The van der Waals surface area contributed by atoms with Crippen molar-refractivity contribution in [1.29, 1.82) is 0 Å². The Labute approximate surface area is 185 Å². The molecule has 2 heterocycles. The van der Waals surface area contributed by atoms with Crippen LogP contribution < -0.4 is 15.5 Å². The van der Waals surface area contributed by atoms with Gasteiger partial charge < -0.3 is 20.1 Å². The Bertz CT molecular complexity index is 694. The predicted octanol–water partition coefficient (Wildman–Crippen LogP) is 2.46. The van der Waals surface area contributed by atoms with Crippen LogP contribution in [0.1, 0.15) is 39.1 Å². The molecule has 8 nitrogen and oxygen atoms in total. The van der Waals surface area contributed by atoms with E-state index in [4.69, 9.17) is 0 Å². The second-order valence-corrected chi connectivity index (χ2v) is 6.11. The quantitative estimate of drug-likeness (QED) is 0.296. The Kier molecular flexibility index (Phi) is 11.5. The maximum atomic E-state index is 4.66. The number of nitrogens with zero attached hydrogens (tertiary/aromatic N) is 6. The first-order chi connectivity index (χ1) is 13.2. The lowest BCUT2D eigenvalue weighted by Crippen LogP contribution is -2.38. The predicted molar refractivity (Wildman–Crippen MR) is 125 cm³/mol. The van der Waals surface area contributed by atoms with Gasteiger partial charge in [0.05, 0.1) is 6.54 Å². The molecule has 2 rings (SSSR count). The molecule has 9 heteroatoms. The Morgan fingerprint density at radius 2 is 1.93 bits per heavy atom. The maximum Gasteiger partial charge on any atom is 0.191 e. The fourth-order valence-electron chi connectivity index (χ4n) is 2.79. The van der Waals surface area contributed by atoms with Crippen molar-refractivity contribution < 1.29 is 0 Å². The van der Waals surface area contributed by atoms with E-state index in [1.807, 2.05) is 6.20 Å². The number of aryl methyl sites for hydroxylation is 1. The van der Waals surface area contributed by atoms with E-state index < -0.39 is 0 Å². The van der Waals surface area contributed by atoms with Gasteiger partial charge in [-0.2, -0.15) is 0 Å². The highest BCUT2D eigenvalue weighted by molar-refractivity contribution is 14.0. The molecule has 0 bridgehead atoms. The van der Waals surface area contributed by atoms with E-state index in [1.165, 1.54) is 0 Å². The van der Waals surface area contributed by atoms with Crippen LogP contribution in [-0.4, -0.2) is 51.9 Å². The number of hydrogen-bond donors (Lipinski definition) is 2. The van der Waals surface area contributed by atoms with E-state index in [0.717, 1.165) is 62.3 Å². The van der Waals surface area contributed by atoms with Crippen molar-refractivity contribution in [3.05, 3.63) is 36.0 Å². The number of hydrogen-bond acceptors (Lipinski definition) is 5. The summed E-state index contributed by atoms with van der Waals surface area (Å²) in [5.74, 6) is 2.81. The molecule has 0 aliphatic heterocycles. The minimum absolute atomic E-state index is 0. The topological polar surface area (TPSA) is 83.3 Å². The molecule has 0 unspecified atom stereocenters. The van der Waals surface area contributed by atoms with Crippen LogP contribution in [0.5, 0.6) is 0 Å². The highest BCUT2D eigenvalue weighted by Crippen LogP contribution is 2.11. The molecular formula is C19H33IN8. The van der Waals surface area contributed by atoms with Crippen LogP contribution >= 0.6 is 24.0 Å². The highest BCUT2D eigenvalue weighted by atomic mass is 127. The lowest BCUT2D eigenvalue weighted by Gasteiger charge is -2.19. The number of guanidine groups is 1. The summed E-state index contributed by atoms with van der Waals surface area (Å²) < 4.78 is 2.06. The number of halogens is 1. The van der Waals surface area contributed by atoms with E-state index in [-0.39, 0.29) is 24.0 Å². The molecule has 0 radical (unpaired) electrons. The first-order valence-electron chi connectivity index (χ1n) is 9.80. The lowest BCUT2D eigenvalue weighted by molar-refractivity contribution is 0.632. The van der Waals surface area contributed by atoms with Gasteiger partial charge in [-0.1, -0.05) is 13.0 Å². The summed E-state index contributed by atoms with van der Waals surface area (Å²) in [6.45, 7) is 13.3. The molecule has 0 spiro atoms. The minimum Gasteiger partial charge on any atom is -0.357 e. The highest BCUT2D eigenvalue weighted by Gasteiger charge is 2.04. The zero-order valence-corrected chi connectivity index (χ0v) is 19.7. The average Bonchev–Trinajstić information content (AvgIpc) is 3.15. The van der Waals surface area contributed by atoms with Crippen molar-refractivity contribution in [1.82, 2.24) is 30.4 Å². The van der Waals surface area contributed by atoms with Crippen LogP contribution in [0.25, 0.3) is 0 Å². The number of nitrogens with one attached hydrogen (secondary N) is 2. The van der Waals surface area contributed by atoms with E-state index in [1.54, 1.807) is 6.33 Å². The summed E-state index contributed by atoms with van der Waals surface area (Å²) in [7, 11) is 0. The van der Waals surface area contributed by atoms with Gasteiger partial charge in [-0.15, -0.1) is 34.2 Å². The van der Waals surface area contributed by atoms with Gasteiger partial charge in [-0.25, -0.2) is 9.98 Å². The van der Waals surface area contributed by atoms with Gasteiger partial charge in [0, 0.05) is 45.3 Å². The molecule has 0 aliphatic rings. The third kappa shape index (κ3) is 7.25. The first-order valence-corrected chi connectivity index (χ1v) is 9.80. The van der Waals surface area contributed by atoms with Gasteiger partial charge in [-0.3, -0.25) is 0 Å². The molecule has 0 saturated carbocycles. The Morgan fingerprint density at radius 1 is 1.14 bits per heavy atom. The van der Waals surface area contributed by atoms with Gasteiger partial charge in [-0.05, 0) is 32.4 Å². The Morgan fingerprint density at radius 3 is 2.54 bits per heavy atom. The van der Waals surface area contributed by atoms with E-state index in [2.05, 4.69) is 80.1 Å². The van der Waals surface area contributed by atoms with Crippen molar-refractivity contribution in [3.8, 4) is 0 Å². The minimum atomic E-state index is 0. The molecule has 0 aromatic carbocycles. The number of aliphatic imine (C=N–C) groups is 1.